The number of rotatable bonds is 5. The van der Waals surface area contributed by atoms with Crippen LogP contribution in [0.25, 0.3) is 0 Å². The highest BCUT2D eigenvalue weighted by Gasteiger charge is 2.24. The van der Waals surface area contributed by atoms with Crippen molar-refractivity contribution in [1.29, 1.82) is 0 Å². The maximum atomic E-state index is 12.2. The minimum Gasteiger partial charge on any atom is -0.467 e. The first-order valence-electron chi connectivity index (χ1n) is 7.99. The molecule has 1 N–H and O–H groups in total. The highest BCUT2D eigenvalue weighted by atomic mass is 16.5. The first-order chi connectivity index (χ1) is 12.2. The minimum absolute atomic E-state index is 0.0793. The molecule has 0 aromatic carbocycles. The van der Waals surface area contributed by atoms with Crippen molar-refractivity contribution in [3.63, 3.8) is 0 Å². The van der Waals surface area contributed by atoms with Gasteiger partial charge >= 0.3 is 12.0 Å². The van der Waals surface area contributed by atoms with Crippen LogP contribution in [-0.4, -0.2) is 59.2 Å². The van der Waals surface area contributed by atoms with Gasteiger partial charge in [-0.15, -0.1) is 4.98 Å². The number of aromatic nitrogens is 4. The van der Waals surface area contributed by atoms with Gasteiger partial charge in [-0.25, -0.2) is 0 Å². The number of amides is 1. The smallest absolute Gasteiger partial charge is 0.324 e. The number of ether oxygens (including phenoxy) is 2. The zero-order valence-corrected chi connectivity index (χ0v) is 14.2. The van der Waals surface area contributed by atoms with E-state index in [2.05, 4.69) is 25.3 Å². The van der Waals surface area contributed by atoms with Crippen molar-refractivity contribution < 1.29 is 14.3 Å². The lowest BCUT2D eigenvalue weighted by Crippen LogP contribution is -2.45. The number of hydrogen-bond acceptors (Lipinski definition) is 8. The summed E-state index contributed by atoms with van der Waals surface area (Å²) in [5, 5.41) is 3.06. The fraction of sp³-hybridized carbons (Fsp3) is 0.438. The molecule has 0 atom stereocenters. The van der Waals surface area contributed by atoms with Gasteiger partial charge in [0.2, 0.25) is 5.95 Å². The van der Waals surface area contributed by atoms with Gasteiger partial charge in [-0.05, 0) is 25.0 Å². The zero-order valence-electron chi connectivity index (χ0n) is 14.2. The second-order valence-corrected chi connectivity index (χ2v) is 5.58. The highest BCUT2D eigenvalue weighted by Crippen LogP contribution is 2.20. The number of piperidine rings is 1. The van der Waals surface area contributed by atoms with E-state index < -0.39 is 0 Å². The molecule has 0 bridgehead atoms. The molecule has 0 unspecified atom stereocenters. The van der Waals surface area contributed by atoms with Crippen LogP contribution in [0, 0.1) is 0 Å². The Morgan fingerprint density at radius 2 is 1.68 bits per heavy atom. The van der Waals surface area contributed by atoms with Crippen molar-refractivity contribution in [1.82, 2.24) is 25.3 Å². The second-order valence-electron chi connectivity index (χ2n) is 5.58. The molecule has 3 heterocycles. The molecule has 132 valence electrons. The molecule has 1 saturated heterocycles. The molecular weight excluding hydrogens is 324 g/mol. The van der Waals surface area contributed by atoms with E-state index in [1.54, 1.807) is 24.5 Å². The molecule has 9 heteroatoms. The lowest BCUT2D eigenvalue weighted by Gasteiger charge is -2.32. The lowest BCUT2D eigenvalue weighted by molar-refractivity contribution is 0.0931. The summed E-state index contributed by atoms with van der Waals surface area (Å²) in [5.74, 6) is 0.437. The van der Waals surface area contributed by atoms with Gasteiger partial charge in [0, 0.05) is 37.1 Å². The van der Waals surface area contributed by atoms with Gasteiger partial charge < -0.3 is 19.7 Å². The molecule has 0 aliphatic carbocycles. The molecular formula is C16H20N6O3. The van der Waals surface area contributed by atoms with E-state index in [1.807, 2.05) is 4.90 Å². The van der Waals surface area contributed by atoms with Gasteiger partial charge in [0.1, 0.15) is 0 Å². The molecule has 2 aromatic rings. The van der Waals surface area contributed by atoms with Gasteiger partial charge in [-0.1, -0.05) is 0 Å². The lowest BCUT2D eigenvalue weighted by atomic mass is 10.0. The monoisotopic (exact) mass is 344 g/mol. The normalized spacial score (nSPS) is 14.9. The van der Waals surface area contributed by atoms with Crippen LogP contribution < -0.4 is 19.7 Å². The maximum absolute atomic E-state index is 12.2. The van der Waals surface area contributed by atoms with Gasteiger partial charge in [0.25, 0.3) is 5.91 Å². The fourth-order valence-corrected chi connectivity index (χ4v) is 2.65. The third kappa shape index (κ3) is 4.11. The molecule has 1 aliphatic rings. The molecule has 1 amide bonds. The van der Waals surface area contributed by atoms with E-state index in [0.717, 1.165) is 25.9 Å². The van der Waals surface area contributed by atoms with E-state index in [0.29, 0.717) is 11.5 Å². The number of pyridine rings is 1. The fourth-order valence-electron chi connectivity index (χ4n) is 2.65. The summed E-state index contributed by atoms with van der Waals surface area (Å²) < 4.78 is 10.2. The minimum atomic E-state index is -0.0793. The van der Waals surface area contributed by atoms with E-state index in [-0.39, 0.29) is 24.0 Å². The third-order valence-electron chi connectivity index (χ3n) is 4.00. The third-order valence-corrected chi connectivity index (χ3v) is 4.00. The van der Waals surface area contributed by atoms with E-state index in [9.17, 15) is 4.79 Å². The average molecular weight is 344 g/mol. The van der Waals surface area contributed by atoms with Gasteiger partial charge in [-0.3, -0.25) is 9.78 Å². The number of carbonyl (C=O) groups is 1. The van der Waals surface area contributed by atoms with Crippen LogP contribution in [0.4, 0.5) is 5.95 Å². The van der Waals surface area contributed by atoms with E-state index >= 15 is 0 Å². The Balaban J connectivity index is 1.59. The highest BCUT2D eigenvalue weighted by molar-refractivity contribution is 5.94. The molecule has 0 saturated carbocycles. The Bertz CT molecular complexity index is 697. The Labute approximate surface area is 145 Å². The molecule has 25 heavy (non-hydrogen) atoms. The second kappa shape index (κ2) is 7.73. The molecule has 0 radical (unpaired) electrons. The van der Waals surface area contributed by atoms with Crippen LogP contribution in [-0.2, 0) is 0 Å². The number of nitrogens with zero attached hydrogens (tertiary/aromatic N) is 5. The van der Waals surface area contributed by atoms with Crippen molar-refractivity contribution in [3.8, 4) is 12.0 Å². The van der Waals surface area contributed by atoms with Crippen LogP contribution in [0.1, 0.15) is 23.2 Å². The summed E-state index contributed by atoms with van der Waals surface area (Å²) in [6.45, 7) is 1.44. The van der Waals surface area contributed by atoms with E-state index in [1.165, 1.54) is 14.2 Å². The van der Waals surface area contributed by atoms with Gasteiger partial charge in [-0.2, -0.15) is 9.97 Å². The number of methoxy groups -OCH3 is 2. The quantitative estimate of drug-likeness (QED) is 0.845. The largest absolute Gasteiger partial charge is 0.467 e. The number of hydrogen-bond donors (Lipinski definition) is 1. The first kappa shape index (κ1) is 16.9. The summed E-state index contributed by atoms with van der Waals surface area (Å²) in [7, 11) is 3.00. The maximum Gasteiger partial charge on any atom is 0.324 e. The van der Waals surface area contributed by atoms with Crippen molar-refractivity contribution in [3.05, 3.63) is 30.1 Å². The Morgan fingerprint density at radius 3 is 2.24 bits per heavy atom. The molecule has 1 aliphatic heterocycles. The first-order valence-corrected chi connectivity index (χ1v) is 7.99. The van der Waals surface area contributed by atoms with E-state index in [4.69, 9.17) is 9.47 Å². The van der Waals surface area contributed by atoms with Crippen LogP contribution >= 0.6 is 0 Å². The molecule has 2 aromatic heterocycles. The van der Waals surface area contributed by atoms with Crippen LogP contribution in [0.15, 0.2) is 24.5 Å². The Hall–Kier alpha value is -2.97. The molecule has 9 nitrogen and oxygen atoms in total. The van der Waals surface area contributed by atoms with Crippen LogP contribution in [0.5, 0.6) is 12.0 Å². The predicted molar refractivity (Wildman–Crippen MR) is 89.9 cm³/mol. The zero-order chi connectivity index (χ0) is 17.6. The summed E-state index contributed by atoms with van der Waals surface area (Å²) in [6.07, 6.45) is 4.82. The van der Waals surface area contributed by atoms with Crippen molar-refractivity contribution in [2.24, 2.45) is 0 Å². The summed E-state index contributed by atoms with van der Waals surface area (Å²) in [5.41, 5.74) is 0.615. The van der Waals surface area contributed by atoms with Crippen LogP contribution in [0.2, 0.25) is 0 Å². The number of nitrogens with one attached hydrogen (secondary N) is 1. The van der Waals surface area contributed by atoms with Gasteiger partial charge in [0.05, 0.1) is 14.2 Å². The van der Waals surface area contributed by atoms with Crippen molar-refractivity contribution in [2.45, 2.75) is 18.9 Å². The summed E-state index contributed by atoms with van der Waals surface area (Å²) in [4.78, 5) is 30.7. The average Bonchev–Trinajstić information content (AvgIpc) is 2.68. The number of anilines is 1. The molecule has 0 spiro atoms. The summed E-state index contributed by atoms with van der Waals surface area (Å²) in [6, 6.07) is 3.95. The van der Waals surface area contributed by atoms with Gasteiger partial charge in [0.15, 0.2) is 0 Å². The predicted octanol–water partition coefficient (Wildman–Crippen LogP) is 0.683. The topological polar surface area (TPSA) is 102 Å². The Kier molecular flexibility index (Phi) is 5.22. The molecule has 3 rings (SSSR count). The number of carbonyl (C=O) groups excluding carboxylic acids is 1. The van der Waals surface area contributed by atoms with Crippen molar-refractivity contribution >= 4 is 11.9 Å². The standard InChI is InChI=1S/C16H20N6O3/c1-24-15-19-14(20-16(21-15)25-2)22-9-5-12(6-10-22)18-13(23)11-3-7-17-8-4-11/h3-4,7-8,12H,5-6,9-10H2,1-2H3,(H,18,23). The van der Waals surface area contributed by atoms with Crippen LogP contribution in [0.3, 0.4) is 0 Å². The molecule has 1 fully saturated rings. The SMILES string of the molecule is COc1nc(OC)nc(N2CCC(NC(=O)c3ccncc3)CC2)n1. The van der Waals surface area contributed by atoms with Crippen molar-refractivity contribution in [2.75, 3.05) is 32.2 Å². The Morgan fingerprint density at radius 1 is 1.08 bits per heavy atom. The summed E-state index contributed by atoms with van der Waals surface area (Å²) >= 11 is 0.